The summed E-state index contributed by atoms with van der Waals surface area (Å²) in [5.74, 6) is 0.0629. The average Bonchev–Trinajstić information content (AvgIpc) is 2.14. The summed E-state index contributed by atoms with van der Waals surface area (Å²) in [4.78, 5) is 0. The molecule has 0 saturated heterocycles. The normalized spacial score (nSPS) is 13.9. The van der Waals surface area contributed by atoms with E-state index >= 15 is 0 Å². The van der Waals surface area contributed by atoms with Gasteiger partial charge in [-0.25, -0.2) is 4.39 Å². The average molecular weight is 240 g/mol. The minimum absolute atomic E-state index is 0.0530. The summed E-state index contributed by atoms with van der Waals surface area (Å²) in [7, 11) is 0. The Morgan fingerprint density at radius 3 is 2.29 bits per heavy atom. The molecule has 1 N–H and O–H groups in total. The van der Waals surface area contributed by atoms with Crippen molar-refractivity contribution in [3.63, 3.8) is 0 Å². The molecule has 1 atom stereocenters. The van der Waals surface area contributed by atoms with Crippen LogP contribution in [0, 0.1) is 11.2 Å². The van der Waals surface area contributed by atoms with E-state index < -0.39 is 6.10 Å². The third-order valence-corrected chi connectivity index (χ3v) is 2.45. The van der Waals surface area contributed by atoms with E-state index in [1.165, 1.54) is 12.1 Å². The predicted molar refractivity (Wildman–Crippen MR) is 66.6 cm³/mol. The first-order valence-corrected chi connectivity index (χ1v) is 5.86. The van der Waals surface area contributed by atoms with Gasteiger partial charge in [-0.3, -0.25) is 0 Å². The molecule has 0 aliphatic carbocycles. The maximum atomic E-state index is 13.2. The van der Waals surface area contributed by atoms with E-state index in [0.717, 1.165) is 0 Å². The summed E-state index contributed by atoms with van der Waals surface area (Å²) in [5.41, 5.74) is 0.319. The van der Waals surface area contributed by atoms with Gasteiger partial charge in [0.25, 0.3) is 0 Å². The number of hydrogen-bond acceptors (Lipinski definition) is 2. The van der Waals surface area contributed by atoms with Crippen molar-refractivity contribution >= 4 is 0 Å². The van der Waals surface area contributed by atoms with Gasteiger partial charge in [0.2, 0.25) is 0 Å². The van der Waals surface area contributed by atoms with Gasteiger partial charge in [-0.15, -0.1) is 0 Å². The van der Waals surface area contributed by atoms with Gasteiger partial charge in [0, 0.05) is 11.6 Å². The van der Waals surface area contributed by atoms with Crippen LogP contribution < -0.4 is 4.74 Å². The molecule has 3 heteroatoms. The minimum Gasteiger partial charge on any atom is -0.491 e. The molecule has 0 saturated carbocycles. The second kappa shape index (κ2) is 5.05. The molecule has 1 aromatic carbocycles. The first-order chi connectivity index (χ1) is 7.71. The number of rotatable bonds is 3. The smallest absolute Gasteiger partial charge is 0.128 e. The van der Waals surface area contributed by atoms with Gasteiger partial charge in [-0.2, -0.15) is 0 Å². The summed E-state index contributed by atoms with van der Waals surface area (Å²) < 4.78 is 18.7. The van der Waals surface area contributed by atoms with Crippen LogP contribution in [0.4, 0.5) is 4.39 Å². The van der Waals surface area contributed by atoms with Crippen molar-refractivity contribution in [3.05, 3.63) is 29.6 Å². The van der Waals surface area contributed by atoms with E-state index in [9.17, 15) is 9.50 Å². The number of halogens is 1. The Bertz CT molecular complexity index is 380. The monoisotopic (exact) mass is 240 g/mol. The third kappa shape index (κ3) is 3.70. The lowest BCUT2D eigenvalue weighted by Gasteiger charge is -2.28. The van der Waals surface area contributed by atoms with Gasteiger partial charge in [0.15, 0.2) is 0 Å². The Balaban J connectivity index is 3.14. The highest BCUT2D eigenvalue weighted by Crippen LogP contribution is 2.37. The Morgan fingerprint density at radius 1 is 1.24 bits per heavy atom. The molecule has 1 aromatic rings. The molecule has 0 fully saturated rings. The first-order valence-electron chi connectivity index (χ1n) is 5.86. The molecular weight excluding hydrogens is 219 g/mol. The van der Waals surface area contributed by atoms with E-state index in [2.05, 4.69) is 0 Å². The van der Waals surface area contributed by atoms with Crippen molar-refractivity contribution < 1.29 is 14.2 Å². The zero-order valence-corrected chi connectivity index (χ0v) is 11.1. The SMILES string of the molecule is CC(C)Oc1cc(F)ccc1C(O)C(C)(C)C. The van der Waals surface area contributed by atoms with E-state index in [4.69, 9.17) is 4.74 Å². The molecule has 0 aliphatic heterocycles. The van der Waals surface area contributed by atoms with Gasteiger partial charge in [0.1, 0.15) is 11.6 Å². The van der Waals surface area contributed by atoms with Crippen LogP contribution in [0.5, 0.6) is 5.75 Å². The molecule has 0 aromatic heterocycles. The summed E-state index contributed by atoms with van der Waals surface area (Å²) >= 11 is 0. The maximum Gasteiger partial charge on any atom is 0.128 e. The van der Waals surface area contributed by atoms with Crippen LogP contribution in [-0.2, 0) is 0 Å². The zero-order chi connectivity index (χ0) is 13.2. The molecular formula is C14H21FO2. The van der Waals surface area contributed by atoms with Crippen LogP contribution in [0.3, 0.4) is 0 Å². The quantitative estimate of drug-likeness (QED) is 0.873. The largest absolute Gasteiger partial charge is 0.491 e. The highest BCUT2D eigenvalue weighted by molar-refractivity contribution is 5.36. The Kier molecular flexibility index (Phi) is 4.15. The van der Waals surface area contributed by atoms with Crippen LogP contribution >= 0.6 is 0 Å². The minimum atomic E-state index is -0.683. The van der Waals surface area contributed by atoms with Gasteiger partial charge >= 0.3 is 0 Å². The lowest BCUT2D eigenvalue weighted by atomic mass is 9.84. The standard InChI is InChI=1S/C14H21FO2/c1-9(2)17-12-8-10(15)6-7-11(12)13(16)14(3,4)5/h6-9,13,16H,1-5H3. The van der Waals surface area contributed by atoms with Crippen molar-refractivity contribution in [2.75, 3.05) is 0 Å². The molecule has 0 radical (unpaired) electrons. The van der Waals surface area contributed by atoms with Crippen LogP contribution in [-0.4, -0.2) is 11.2 Å². The molecule has 2 nitrogen and oxygen atoms in total. The maximum absolute atomic E-state index is 13.2. The number of aliphatic hydroxyl groups is 1. The van der Waals surface area contributed by atoms with Crippen molar-refractivity contribution in [3.8, 4) is 5.75 Å². The molecule has 0 spiro atoms. The summed E-state index contributed by atoms with van der Waals surface area (Å²) in [6.07, 6.45) is -0.737. The fourth-order valence-corrected chi connectivity index (χ4v) is 1.56. The van der Waals surface area contributed by atoms with Crippen molar-refractivity contribution in [1.82, 2.24) is 0 Å². The van der Waals surface area contributed by atoms with E-state index in [-0.39, 0.29) is 17.3 Å². The Hall–Kier alpha value is -1.09. The fraction of sp³-hybridized carbons (Fsp3) is 0.571. The number of aliphatic hydroxyl groups excluding tert-OH is 1. The molecule has 1 rings (SSSR count). The van der Waals surface area contributed by atoms with Gasteiger partial charge in [0.05, 0.1) is 12.2 Å². The lowest BCUT2D eigenvalue weighted by Crippen LogP contribution is -2.19. The van der Waals surface area contributed by atoms with Crippen molar-refractivity contribution in [2.45, 2.75) is 46.8 Å². The topological polar surface area (TPSA) is 29.5 Å². The van der Waals surface area contributed by atoms with Crippen LogP contribution in [0.25, 0.3) is 0 Å². The Morgan fingerprint density at radius 2 is 1.82 bits per heavy atom. The molecule has 0 bridgehead atoms. The van der Waals surface area contributed by atoms with E-state index in [0.29, 0.717) is 11.3 Å². The lowest BCUT2D eigenvalue weighted by molar-refractivity contribution is 0.0585. The van der Waals surface area contributed by atoms with E-state index in [1.807, 2.05) is 34.6 Å². The zero-order valence-electron chi connectivity index (χ0n) is 11.1. The van der Waals surface area contributed by atoms with Gasteiger partial charge in [-0.05, 0) is 31.4 Å². The number of hydrogen-bond donors (Lipinski definition) is 1. The highest BCUT2D eigenvalue weighted by atomic mass is 19.1. The predicted octanol–water partition coefficient (Wildman–Crippen LogP) is 3.69. The van der Waals surface area contributed by atoms with Gasteiger partial charge < -0.3 is 9.84 Å². The molecule has 0 amide bonds. The first kappa shape index (κ1) is 14.0. The Labute approximate surface area is 102 Å². The summed E-state index contributed by atoms with van der Waals surface area (Å²) in [5, 5.41) is 10.2. The second-order valence-electron chi connectivity index (χ2n) is 5.62. The third-order valence-electron chi connectivity index (χ3n) is 2.45. The second-order valence-corrected chi connectivity index (χ2v) is 5.62. The molecule has 1 unspecified atom stereocenters. The van der Waals surface area contributed by atoms with Crippen molar-refractivity contribution in [2.24, 2.45) is 5.41 Å². The van der Waals surface area contributed by atoms with Gasteiger partial charge in [-0.1, -0.05) is 20.8 Å². The summed E-state index contributed by atoms with van der Waals surface area (Å²) in [6, 6.07) is 4.25. The highest BCUT2D eigenvalue weighted by Gasteiger charge is 2.27. The molecule has 96 valence electrons. The van der Waals surface area contributed by atoms with Crippen LogP contribution in [0.1, 0.15) is 46.3 Å². The fourth-order valence-electron chi connectivity index (χ4n) is 1.56. The molecule has 0 heterocycles. The van der Waals surface area contributed by atoms with E-state index in [1.54, 1.807) is 6.07 Å². The number of benzene rings is 1. The van der Waals surface area contributed by atoms with Crippen LogP contribution in [0.2, 0.25) is 0 Å². The summed E-state index contributed by atoms with van der Waals surface area (Å²) in [6.45, 7) is 9.54. The number of ether oxygens (including phenoxy) is 1. The van der Waals surface area contributed by atoms with Crippen LogP contribution in [0.15, 0.2) is 18.2 Å². The molecule has 0 aliphatic rings. The van der Waals surface area contributed by atoms with Crippen molar-refractivity contribution in [1.29, 1.82) is 0 Å². The molecule has 17 heavy (non-hydrogen) atoms.